The molecule has 2 aromatic heterocycles. The lowest BCUT2D eigenvalue weighted by atomic mass is 10.1. The van der Waals surface area contributed by atoms with Gasteiger partial charge in [-0.3, -0.25) is 20.4 Å². The molecule has 1 aromatic carbocycles. The molecule has 0 atom stereocenters. The molecule has 0 unspecified atom stereocenters. The Hall–Kier alpha value is -3.43. The van der Waals surface area contributed by atoms with Crippen molar-refractivity contribution >= 4 is 17.5 Å². The predicted molar refractivity (Wildman–Crippen MR) is 103 cm³/mol. The zero-order valence-corrected chi connectivity index (χ0v) is 16.2. The average molecular weight is 419 g/mol. The second-order valence-corrected chi connectivity index (χ2v) is 6.65. The van der Waals surface area contributed by atoms with Gasteiger partial charge in [-0.1, -0.05) is 50.1 Å². The van der Waals surface area contributed by atoms with Crippen molar-refractivity contribution in [2.45, 2.75) is 38.8 Å². The van der Waals surface area contributed by atoms with Crippen LogP contribution in [-0.4, -0.2) is 26.4 Å². The molecular formula is C20H20F3N5O2. The summed E-state index contributed by atoms with van der Waals surface area (Å²) in [5, 5.41) is 3.74. The first kappa shape index (κ1) is 21.3. The summed E-state index contributed by atoms with van der Waals surface area (Å²) in [6.07, 6.45) is -1.98. The number of amides is 2. The highest BCUT2D eigenvalue weighted by Gasteiger charge is 2.35. The SMILES string of the molecule is CCCCCC(=O)NNC(=O)c1cc2nc(-c3ccccc3)cc(C(F)(F)F)n2n1. The highest BCUT2D eigenvalue weighted by atomic mass is 19.4. The van der Waals surface area contributed by atoms with Gasteiger partial charge >= 0.3 is 6.18 Å². The fourth-order valence-electron chi connectivity index (χ4n) is 2.83. The number of hydrogen-bond donors (Lipinski definition) is 2. The molecule has 0 aliphatic carbocycles. The van der Waals surface area contributed by atoms with E-state index in [1.165, 1.54) is 0 Å². The number of carbonyl (C=O) groups is 2. The van der Waals surface area contributed by atoms with E-state index in [-0.39, 0.29) is 29.4 Å². The maximum absolute atomic E-state index is 13.6. The summed E-state index contributed by atoms with van der Waals surface area (Å²) in [4.78, 5) is 28.2. The van der Waals surface area contributed by atoms with Crippen LogP contribution in [0.4, 0.5) is 13.2 Å². The molecule has 2 heterocycles. The monoisotopic (exact) mass is 419 g/mol. The van der Waals surface area contributed by atoms with Crippen molar-refractivity contribution in [3.05, 3.63) is 53.9 Å². The second-order valence-electron chi connectivity index (χ2n) is 6.65. The van der Waals surface area contributed by atoms with Gasteiger partial charge in [-0.2, -0.15) is 18.3 Å². The largest absolute Gasteiger partial charge is 0.433 e. The van der Waals surface area contributed by atoms with Crippen molar-refractivity contribution in [3.8, 4) is 11.3 Å². The molecule has 2 N–H and O–H groups in total. The number of benzene rings is 1. The smallest absolute Gasteiger partial charge is 0.273 e. The van der Waals surface area contributed by atoms with Gasteiger partial charge in [-0.15, -0.1) is 0 Å². The summed E-state index contributed by atoms with van der Waals surface area (Å²) < 4.78 is 41.3. The molecule has 0 bridgehead atoms. The van der Waals surface area contributed by atoms with Crippen LogP contribution in [-0.2, 0) is 11.0 Å². The van der Waals surface area contributed by atoms with Crippen LogP contribution in [0.5, 0.6) is 0 Å². The van der Waals surface area contributed by atoms with Crippen molar-refractivity contribution < 1.29 is 22.8 Å². The number of rotatable bonds is 6. The lowest BCUT2D eigenvalue weighted by Gasteiger charge is -2.11. The van der Waals surface area contributed by atoms with E-state index in [2.05, 4.69) is 20.9 Å². The number of nitrogens with zero attached hydrogens (tertiary/aromatic N) is 3. The van der Waals surface area contributed by atoms with E-state index in [0.29, 0.717) is 16.5 Å². The Kier molecular flexibility index (Phi) is 6.34. The summed E-state index contributed by atoms with van der Waals surface area (Å²) in [6, 6.07) is 10.4. The number of fused-ring (bicyclic) bond motifs is 1. The van der Waals surface area contributed by atoms with Gasteiger partial charge < -0.3 is 0 Å². The number of aromatic nitrogens is 3. The Bertz CT molecular complexity index is 1050. The van der Waals surface area contributed by atoms with Gasteiger partial charge in [0.1, 0.15) is 0 Å². The Morgan fingerprint density at radius 1 is 1.07 bits per heavy atom. The van der Waals surface area contributed by atoms with E-state index in [1.54, 1.807) is 30.3 Å². The first-order valence-electron chi connectivity index (χ1n) is 9.42. The van der Waals surface area contributed by atoms with Crippen molar-refractivity contribution in [1.29, 1.82) is 0 Å². The minimum absolute atomic E-state index is 0.103. The topological polar surface area (TPSA) is 88.4 Å². The molecule has 0 spiro atoms. The number of nitrogens with one attached hydrogen (secondary N) is 2. The quantitative estimate of drug-likeness (QED) is 0.470. The van der Waals surface area contributed by atoms with Crippen LogP contribution in [0.15, 0.2) is 42.5 Å². The zero-order valence-electron chi connectivity index (χ0n) is 16.2. The third-order valence-electron chi connectivity index (χ3n) is 4.34. The summed E-state index contributed by atoms with van der Waals surface area (Å²) in [5.74, 6) is -1.22. The lowest BCUT2D eigenvalue weighted by molar-refractivity contribution is -0.142. The van der Waals surface area contributed by atoms with Crippen LogP contribution in [0.25, 0.3) is 16.9 Å². The number of carbonyl (C=O) groups excluding carboxylic acids is 2. The third kappa shape index (κ3) is 4.94. The lowest BCUT2D eigenvalue weighted by Crippen LogP contribution is -2.41. The molecule has 3 aromatic rings. The van der Waals surface area contributed by atoms with Crippen LogP contribution in [0.3, 0.4) is 0 Å². The Balaban J connectivity index is 1.87. The fourth-order valence-corrected chi connectivity index (χ4v) is 2.83. The number of alkyl halides is 3. The van der Waals surface area contributed by atoms with Crippen LogP contribution >= 0.6 is 0 Å². The molecule has 0 radical (unpaired) electrons. The second kappa shape index (κ2) is 8.93. The highest BCUT2D eigenvalue weighted by molar-refractivity contribution is 5.94. The van der Waals surface area contributed by atoms with Gasteiger partial charge in [0.15, 0.2) is 17.0 Å². The van der Waals surface area contributed by atoms with Gasteiger partial charge in [-0.25, -0.2) is 9.50 Å². The van der Waals surface area contributed by atoms with Crippen LogP contribution in [0.2, 0.25) is 0 Å². The molecule has 3 rings (SSSR count). The van der Waals surface area contributed by atoms with Crippen LogP contribution in [0.1, 0.15) is 48.8 Å². The van der Waals surface area contributed by atoms with Crippen molar-refractivity contribution in [2.75, 3.05) is 0 Å². The van der Waals surface area contributed by atoms with Gasteiger partial charge in [0.2, 0.25) is 5.91 Å². The van der Waals surface area contributed by atoms with E-state index < -0.39 is 17.8 Å². The molecular weight excluding hydrogens is 399 g/mol. The number of halogens is 3. The molecule has 10 heteroatoms. The summed E-state index contributed by atoms with van der Waals surface area (Å²) in [7, 11) is 0. The highest BCUT2D eigenvalue weighted by Crippen LogP contribution is 2.32. The maximum Gasteiger partial charge on any atom is 0.433 e. The van der Waals surface area contributed by atoms with Crippen molar-refractivity contribution in [1.82, 2.24) is 25.4 Å². The van der Waals surface area contributed by atoms with E-state index >= 15 is 0 Å². The maximum atomic E-state index is 13.6. The fraction of sp³-hybridized carbons (Fsp3) is 0.300. The van der Waals surface area contributed by atoms with E-state index in [9.17, 15) is 22.8 Å². The predicted octanol–water partition coefficient (Wildman–Crippen LogP) is 3.76. The minimum Gasteiger partial charge on any atom is -0.273 e. The molecule has 0 saturated heterocycles. The number of hydrogen-bond acceptors (Lipinski definition) is 4. The van der Waals surface area contributed by atoms with Crippen molar-refractivity contribution in [2.24, 2.45) is 0 Å². The summed E-state index contributed by atoms with van der Waals surface area (Å²) >= 11 is 0. The number of unbranched alkanes of at least 4 members (excludes halogenated alkanes) is 2. The summed E-state index contributed by atoms with van der Waals surface area (Å²) in [5.41, 5.74) is 3.51. The zero-order chi connectivity index (χ0) is 21.7. The standard InChI is InChI=1S/C20H20F3N5O2/c1-2-3-5-10-18(29)25-26-19(30)15-12-17-24-14(13-8-6-4-7-9-13)11-16(20(21,22)23)28(17)27-15/h4,6-9,11-12H,2-3,5,10H2,1H3,(H,25,29)(H,26,30). The normalized spacial score (nSPS) is 11.5. The molecule has 2 amide bonds. The third-order valence-corrected chi connectivity index (χ3v) is 4.34. The van der Waals surface area contributed by atoms with E-state index in [1.807, 2.05) is 6.92 Å². The Labute approximate surface area is 170 Å². The molecule has 0 aliphatic heterocycles. The minimum atomic E-state index is -4.71. The summed E-state index contributed by atoms with van der Waals surface area (Å²) in [6.45, 7) is 2.00. The van der Waals surface area contributed by atoms with Gasteiger partial charge in [0.25, 0.3) is 5.91 Å². The van der Waals surface area contributed by atoms with Gasteiger partial charge in [0.05, 0.1) is 5.69 Å². The van der Waals surface area contributed by atoms with Crippen molar-refractivity contribution in [3.63, 3.8) is 0 Å². The van der Waals surface area contributed by atoms with Gasteiger partial charge in [0, 0.05) is 18.1 Å². The van der Waals surface area contributed by atoms with E-state index in [4.69, 9.17) is 0 Å². The molecule has 158 valence electrons. The van der Waals surface area contributed by atoms with Crippen LogP contribution < -0.4 is 10.9 Å². The van der Waals surface area contributed by atoms with Gasteiger partial charge in [-0.05, 0) is 12.5 Å². The number of hydrazine groups is 1. The van der Waals surface area contributed by atoms with Crippen LogP contribution in [0, 0.1) is 0 Å². The Morgan fingerprint density at radius 3 is 2.47 bits per heavy atom. The first-order chi connectivity index (χ1) is 14.3. The molecule has 7 nitrogen and oxygen atoms in total. The molecule has 0 fully saturated rings. The Morgan fingerprint density at radius 2 is 1.80 bits per heavy atom. The molecule has 30 heavy (non-hydrogen) atoms. The van der Waals surface area contributed by atoms with E-state index in [0.717, 1.165) is 25.0 Å². The first-order valence-corrected chi connectivity index (χ1v) is 9.42. The molecule has 0 aliphatic rings. The average Bonchev–Trinajstić information content (AvgIpc) is 3.15. The molecule has 0 saturated carbocycles.